The highest BCUT2D eigenvalue weighted by Crippen LogP contribution is 2.15. The molecular weight excluding hydrogens is 336 g/mol. The molecule has 0 aliphatic carbocycles. The molecule has 25 heavy (non-hydrogen) atoms. The monoisotopic (exact) mass is 360 g/mol. The zero-order valence-corrected chi connectivity index (χ0v) is 15.5. The average molecular weight is 361 g/mol. The van der Waals surface area contributed by atoms with Crippen molar-refractivity contribution in [3.8, 4) is 0 Å². The number of nitrogens with one attached hydrogen (secondary N) is 2. The molecule has 0 aliphatic rings. The largest absolute Gasteiger partial charge is 0.371 e. The maximum absolute atomic E-state index is 11.9. The fraction of sp³-hybridized carbons (Fsp3) is 0.350. The first kappa shape index (κ1) is 19.4. The van der Waals surface area contributed by atoms with E-state index in [0.717, 1.165) is 13.1 Å². The third-order valence-corrected chi connectivity index (χ3v) is 3.88. The number of halogens is 1. The standard InChI is InChI=1S/C20H25ClN2O2/c1-20(2,14-22-12-16-6-4-3-5-7-16)15-25-13-19(24)23-18-10-8-17(21)9-11-18/h3-11,22H,12-15H2,1-2H3,(H,23,24). The Hall–Kier alpha value is -1.88. The molecule has 2 rings (SSSR count). The number of rotatable bonds is 9. The van der Waals surface area contributed by atoms with Crippen LogP contribution in [0.1, 0.15) is 19.4 Å². The van der Waals surface area contributed by atoms with Crippen molar-refractivity contribution in [1.82, 2.24) is 5.32 Å². The van der Waals surface area contributed by atoms with E-state index in [2.05, 4.69) is 36.6 Å². The van der Waals surface area contributed by atoms with E-state index >= 15 is 0 Å². The molecule has 2 N–H and O–H groups in total. The normalized spacial score (nSPS) is 11.3. The number of anilines is 1. The predicted molar refractivity (Wildman–Crippen MR) is 103 cm³/mol. The van der Waals surface area contributed by atoms with Gasteiger partial charge in [-0.1, -0.05) is 55.8 Å². The number of benzene rings is 2. The van der Waals surface area contributed by atoms with Crippen LogP contribution in [0.25, 0.3) is 0 Å². The van der Waals surface area contributed by atoms with Gasteiger partial charge in [0.25, 0.3) is 0 Å². The molecule has 0 fully saturated rings. The summed E-state index contributed by atoms with van der Waals surface area (Å²) in [5.41, 5.74) is 1.90. The summed E-state index contributed by atoms with van der Waals surface area (Å²) >= 11 is 5.82. The lowest BCUT2D eigenvalue weighted by Crippen LogP contribution is -2.34. The van der Waals surface area contributed by atoms with Gasteiger partial charge in [0.2, 0.25) is 5.91 Å². The molecule has 0 saturated heterocycles. The Morgan fingerprint density at radius 3 is 2.44 bits per heavy atom. The van der Waals surface area contributed by atoms with E-state index in [-0.39, 0.29) is 17.9 Å². The molecule has 0 unspecified atom stereocenters. The topological polar surface area (TPSA) is 50.4 Å². The lowest BCUT2D eigenvalue weighted by atomic mass is 9.95. The van der Waals surface area contributed by atoms with E-state index in [1.54, 1.807) is 24.3 Å². The number of carbonyl (C=O) groups is 1. The van der Waals surface area contributed by atoms with E-state index in [1.807, 2.05) is 18.2 Å². The third-order valence-electron chi connectivity index (χ3n) is 3.63. The SMILES string of the molecule is CC(C)(CNCc1ccccc1)COCC(=O)Nc1ccc(Cl)cc1. The Kier molecular flexibility index (Phi) is 7.44. The van der Waals surface area contributed by atoms with Crippen LogP contribution in [0.4, 0.5) is 5.69 Å². The van der Waals surface area contributed by atoms with Crippen molar-refractivity contribution in [2.75, 3.05) is 25.1 Å². The zero-order chi connectivity index (χ0) is 18.1. The van der Waals surface area contributed by atoms with Gasteiger partial charge in [-0.3, -0.25) is 4.79 Å². The summed E-state index contributed by atoms with van der Waals surface area (Å²) in [6, 6.07) is 17.3. The Morgan fingerprint density at radius 2 is 1.76 bits per heavy atom. The molecule has 5 heteroatoms. The lowest BCUT2D eigenvalue weighted by molar-refractivity contribution is -0.121. The minimum absolute atomic E-state index is 0.0325. The van der Waals surface area contributed by atoms with Gasteiger partial charge in [-0.25, -0.2) is 0 Å². The van der Waals surface area contributed by atoms with E-state index in [1.165, 1.54) is 5.56 Å². The van der Waals surface area contributed by atoms with Crippen LogP contribution in [0.2, 0.25) is 5.02 Å². The van der Waals surface area contributed by atoms with Crippen molar-refractivity contribution in [2.24, 2.45) is 5.41 Å². The average Bonchev–Trinajstić information content (AvgIpc) is 2.57. The number of amides is 1. The van der Waals surface area contributed by atoms with Crippen molar-refractivity contribution in [3.05, 3.63) is 65.2 Å². The molecule has 2 aromatic carbocycles. The molecular formula is C20H25ClN2O2. The van der Waals surface area contributed by atoms with Crippen LogP contribution >= 0.6 is 11.6 Å². The van der Waals surface area contributed by atoms with Crippen LogP contribution in [0.15, 0.2) is 54.6 Å². The highest BCUT2D eigenvalue weighted by atomic mass is 35.5. The molecule has 0 bridgehead atoms. The van der Waals surface area contributed by atoms with Gasteiger partial charge in [-0.05, 0) is 29.8 Å². The second-order valence-electron chi connectivity index (χ2n) is 6.80. The molecule has 0 radical (unpaired) electrons. The quantitative estimate of drug-likeness (QED) is 0.707. The molecule has 0 heterocycles. The highest BCUT2D eigenvalue weighted by Gasteiger charge is 2.18. The van der Waals surface area contributed by atoms with Gasteiger partial charge in [-0.15, -0.1) is 0 Å². The van der Waals surface area contributed by atoms with E-state index in [9.17, 15) is 4.79 Å². The van der Waals surface area contributed by atoms with Gasteiger partial charge in [0.15, 0.2) is 0 Å². The molecule has 134 valence electrons. The molecule has 0 spiro atoms. The van der Waals surface area contributed by atoms with Crippen molar-refractivity contribution < 1.29 is 9.53 Å². The van der Waals surface area contributed by atoms with Crippen molar-refractivity contribution in [3.63, 3.8) is 0 Å². The molecule has 0 aliphatic heterocycles. The lowest BCUT2D eigenvalue weighted by Gasteiger charge is -2.24. The Balaban J connectivity index is 1.65. The van der Waals surface area contributed by atoms with Crippen molar-refractivity contribution in [1.29, 1.82) is 0 Å². The highest BCUT2D eigenvalue weighted by molar-refractivity contribution is 6.30. The summed E-state index contributed by atoms with van der Waals surface area (Å²) in [7, 11) is 0. The number of carbonyl (C=O) groups excluding carboxylic acids is 1. The second kappa shape index (κ2) is 9.56. The summed E-state index contributed by atoms with van der Waals surface area (Å²) in [6.45, 7) is 6.39. The second-order valence-corrected chi connectivity index (χ2v) is 7.24. The Bertz CT molecular complexity index is 657. The molecule has 0 atom stereocenters. The number of hydrogen-bond acceptors (Lipinski definition) is 3. The first-order chi connectivity index (χ1) is 11.9. The number of hydrogen-bond donors (Lipinski definition) is 2. The van der Waals surface area contributed by atoms with Gasteiger partial charge < -0.3 is 15.4 Å². The Morgan fingerprint density at radius 1 is 1.08 bits per heavy atom. The summed E-state index contributed by atoms with van der Waals surface area (Å²) in [6.07, 6.45) is 0. The first-order valence-corrected chi connectivity index (χ1v) is 8.70. The van der Waals surface area contributed by atoms with Crippen molar-refractivity contribution in [2.45, 2.75) is 20.4 Å². The fourth-order valence-corrected chi connectivity index (χ4v) is 2.47. The minimum Gasteiger partial charge on any atom is -0.371 e. The van der Waals surface area contributed by atoms with Crippen molar-refractivity contribution >= 4 is 23.2 Å². The van der Waals surface area contributed by atoms with Crippen LogP contribution < -0.4 is 10.6 Å². The summed E-state index contributed by atoms with van der Waals surface area (Å²) in [5.74, 6) is -0.171. The maximum atomic E-state index is 11.9. The summed E-state index contributed by atoms with van der Waals surface area (Å²) in [4.78, 5) is 11.9. The molecule has 2 aromatic rings. The third kappa shape index (κ3) is 7.69. The first-order valence-electron chi connectivity index (χ1n) is 8.32. The summed E-state index contributed by atoms with van der Waals surface area (Å²) in [5, 5.41) is 6.85. The molecule has 0 aromatic heterocycles. The summed E-state index contributed by atoms with van der Waals surface area (Å²) < 4.78 is 5.58. The Labute approximate surface area is 154 Å². The van der Waals surface area contributed by atoms with Gasteiger partial charge in [-0.2, -0.15) is 0 Å². The minimum atomic E-state index is -0.171. The van der Waals surface area contributed by atoms with Crippen LogP contribution in [0, 0.1) is 5.41 Å². The smallest absolute Gasteiger partial charge is 0.250 e. The van der Waals surface area contributed by atoms with Gasteiger partial charge >= 0.3 is 0 Å². The zero-order valence-electron chi connectivity index (χ0n) is 14.7. The molecule has 0 saturated carbocycles. The molecule has 4 nitrogen and oxygen atoms in total. The van der Waals surface area contributed by atoms with Gasteiger partial charge in [0, 0.05) is 29.2 Å². The van der Waals surface area contributed by atoms with Crippen LogP contribution in [0.3, 0.4) is 0 Å². The van der Waals surface area contributed by atoms with E-state index in [4.69, 9.17) is 16.3 Å². The molecule has 1 amide bonds. The maximum Gasteiger partial charge on any atom is 0.250 e. The number of ether oxygens (including phenoxy) is 1. The fourth-order valence-electron chi connectivity index (χ4n) is 2.34. The van der Waals surface area contributed by atoms with Crippen LogP contribution in [-0.4, -0.2) is 25.7 Å². The van der Waals surface area contributed by atoms with E-state index in [0.29, 0.717) is 17.3 Å². The van der Waals surface area contributed by atoms with Gasteiger partial charge in [0.1, 0.15) is 6.61 Å². The van der Waals surface area contributed by atoms with Crippen LogP contribution in [-0.2, 0) is 16.1 Å². The predicted octanol–water partition coefficient (Wildman–Crippen LogP) is 4.11. The van der Waals surface area contributed by atoms with Gasteiger partial charge in [0.05, 0.1) is 6.61 Å². The van der Waals surface area contributed by atoms with Crippen LogP contribution in [0.5, 0.6) is 0 Å². The van der Waals surface area contributed by atoms with E-state index < -0.39 is 0 Å².